The molecule has 1 rings (SSSR count). The van der Waals surface area contributed by atoms with Crippen LogP contribution < -0.4 is 0 Å². The van der Waals surface area contributed by atoms with Crippen molar-refractivity contribution in [1.82, 2.24) is 0 Å². The van der Waals surface area contributed by atoms with Gasteiger partial charge in [-0.15, -0.1) is 0 Å². The van der Waals surface area contributed by atoms with Crippen LogP contribution in [0.25, 0.3) is 0 Å². The van der Waals surface area contributed by atoms with E-state index in [1.165, 1.54) is 18.4 Å². The molecule has 0 bridgehead atoms. The second-order valence-corrected chi connectivity index (χ2v) is 8.07. The lowest BCUT2D eigenvalue weighted by Crippen LogP contribution is -2.47. The minimum absolute atomic E-state index is 0.202. The zero-order valence-electron chi connectivity index (χ0n) is 11.8. The van der Waals surface area contributed by atoms with Gasteiger partial charge in [-0.2, -0.15) is 0 Å². The van der Waals surface area contributed by atoms with Gasteiger partial charge in [0.1, 0.15) is 0 Å². The van der Waals surface area contributed by atoms with Crippen molar-refractivity contribution in [2.24, 2.45) is 11.8 Å². The first-order chi connectivity index (χ1) is 7.91. The van der Waals surface area contributed by atoms with Crippen molar-refractivity contribution in [2.45, 2.75) is 45.8 Å². The van der Waals surface area contributed by atoms with Crippen LogP contribution in [0, 0.1) is 11.8 Å². The molecule has 1 aliphatic carbocycles. The van der Waals surface area contributed by atoms with E-state index in [-0.39, 0.29) is 6.10 Å². The van der Waals surface area contributed by atoms with E-state index in [9.17, 15) is 0 Å². The Morgan fingerprint density at radius 1 is 1.24 bits per heavy atom. The third kappa shape index (κ3) is 3.91. The van der Waals surface area contributed by atoms with Crippen LogP contribution in [0.4, 0.5) is 0 Å². The summed E-state index contributed by atoms with van der Waals surface area (Å²) >= 11 is 0. The van der Waals surface area contributed by atoms with E-state index in [1.807, 2.05) is 6.55 Å². The van der Waals surface area contributed by atoms with Crippen molar-refractivity contribution in [2.75, 3.05) is 14.2 Å². The molecule has 0 aromatic carbocycles. The molecule has 3 atom stereocenters. The lowest BCUT2D eigenvalue weighted by Gasteiger charge is -2.38. The van der Waals surface area contributed by atoms with Crippen LogP contribution in [-0.4, -0.2) is 29.1 Å². The first-order valence-electron chi connectivity index (χ1n) is 6.35. The molecular weight excluding hydrogens is 232 g/mol. The molecule has 0 heterocycles. The molecule has 100 valence electrons. The van der Waals surface area contributed by atoms with Gasteiger partial charge in [0.25, 0.3) is 0 Å². The van der Waals surface area contributed by atoms with Crippen LogP contribution in [0.3, 0.4) is 0 Å². The van der Waals surface area contributed by atoms with E-state index in [0.717, 1.165) is 6.42 Å². The molecule has 17 heavy (non-hydrogen) atoms. The summed E-state index contributed by atoms with van der Waals surface area (Å²) in [5.41, 5.74) is 1.21. The van der Waals surface area contributed by atoms with Gasteiger partial charge in [-0.05, 0) is 32.1 Å². The Balaban J connectivity index is 2.72. The quantitative estimate of drug-likeness (QED) is 0.559. The number of hydrogen-bond donors (Lipinski definition) is 0. The molecule has 0 unspecified atom stereocenters. The van der Waals surface area contributed by atoms with Crippen LogP contribution in [0.5, 0.6) is 0 Å². The van der Waals surface area contributed by atoms with Gasteiger partial charge < -0.3 is 13.3 Å². The van der Waals surface area contributed by atoms with Gasteiger partial charge in [0, 0.05) is 26.7 Å². The van der Waals surface area contributed by atoms with Gasteiger partial charge in [-0.1, -0.05) is 19.1 Å². The molecule has 0 N–H and O–H groups in total. The molecular formula is C13H26O3Si. The second kappa shape index (κ2) is 6.14. The highest BCUT2D eigenvalue weighted by molar-refractivity contribution is 6.59. The lowest BCUT2D eigenvalue weighted by atomic mass is 9.78. The molecule has 0 radical (unpaired) electrons. The first-order valence-corrected chi connectivity index (χ1v) is 8.58. The van der Waals surface area contributed by atoms with E-state index in [0.29, 0.717) is 11.8 Å². The van der Waals surface area contributed by atoms with Gasteiger partial charge in [0.2, 0.25) is 0 Å². The van der Waals surface area contributed by atoms with Gasteiger partial charge in [-0.25, -0.2) is 0 Å². The van der Waals surface area contributed by atoms with Crippen LogP contribution in [0.15, 0.2) is 12.2 Å². The fourth-order valence-corrected chi connectivity index (χ4v) is 3.65. The Morgan fingerprint density at radius 2 is 1.82 bits per heavy atom. The predicted molar refractivity (Wildman–Crippen MR) is 71.8 cm³/mol. The first kappa shape index (κ1) is 14.9. The molecule has 0 aromatic rings. The molecule has 1 saturated carbocycles. The third-order valence-corrected chi connectivity index (χ3v) is 6.01. The van der Waals surface area contributed by atoms with E-state index in [4.69, 9.17) is 13.3 Å². The maximum atomic E-state index is 6.16. The molecule has 3 nitrogen and oxygen atoms in total. The van der Waals surface area contributed by atoms with Crippen molar-refractivity contribution >= 4 is 8.80 Å². The second-order valence-electron chi connectivity index (χ2n) is 5.30. The fourth-order valence-electron chi connectivity index (χ4n) is 2.48. The summed E-state index contributed by atoms with van der Waals surface area (Å²) in [4.78, 5) is 0. The highest BCUT2D eigenvalue weighted by atomic mass is 28.4. The van der Waals surface area contributed by atoms with Crippen molar-refractivity contribution < 1.29 is 13.3 Å². The van der Waals surface area contributed by atoms with Gasteiger partial charge in [-0.3, -0.25) is 0 Å². The average Bonchev–Trinajstić information content (AvgIpc) is 2.28. The summed E-state index contributed by atoms with van der Waals surface area (Å²) in [6, 6.07) is 0. The smallest absolute Gasteiger partial charge is 0.377 e. The van der Waals surface area contributed by atoms with Crippen LogP contribution in [0.2, 0.25) is 6.55 Å². The summed E-state index contributed by atoms with van der Waals surface area (Å²) in [7, 11) is 0.886. The van der Waals surface area contributed by atoms with Gasteiger partial charge >= 0.3 is 8.80 Å². The topological polar surface area (TPSA) is 27.7 Å². The molecule has 0 amide bonds. The van der Waals surface area contributed by atoms with Crippen molar-refractivity contribution in [3.05, 3.63) is 12.2 Å². The van der Waals surface area contributed by atoms with E-state index < -0.39 is 8.80 Å². The Bertz CT molecular complexity index is 263. The Kier molecular flexibility index (Phi) is 5.38. The molecule has 0 aromatic heterocycles. The Hall–Kier alpha value is -0.163. The molecule has 0 spiro atoms. The standard InChI is InChI=1S/C13H26O3Si/c1-10(2)12-8-7-11(3)9-13(12)16-17(6,14-4)15-5/h11-13H,1,7-9H2,2-6H3/t11-,12+,13-/m1/s1. The fraction of sp³-hybridized carbons (Fsp3) is 0.846. The largest absolute Gasteiger partial charge is 0.497 e. The summed E-state index contributed by atoms with van der Waals surface area (Å²) in [5, 5.41) is 0. The molecule has 1 aliphatic rings. The van der Waals surface area contributed by atoms with E-state index in [1.54, 1.807) is 14.2 Å². The minimum atomic E-state index is -2.44. The summed E-state index contributed by atoms with van der Waals surface area (Å²) in [5.74, 6) is 1.16. The van der Waals surface area contributed by atoms with Gasteiger partial charge in [0.15, 0.2) is 0 Å². The van der Waals surface area contributed by atoms with Crippen LogP contribution >= 0.6 is 0 Å². The number of hydrogen-bond acceptors (Lipinski definition) is 3. The van der Waals surface area contributed by atoms with E-state index in [2.05, 4.69) is 20.4 Å². The zero-order chi connectivity index (χ0) is 13.1. The van der Waals surface area contributed by atoms with Crippen molar-refractivity contribution in [3.63, 3.8) is 0 Å². The minimum Gasteiger partial charge on any atom is -0.377 e. The molecule has 1 fully saturated rings. The molecule has 4 heteroatoms. The molecule has 0 saturated heterocycles. The van der Waals surface area contributed by atoms with E-state index >= 15 is 0 Å². The highest BCUT2D eigenvalue weighted by Gasteiger charge is 2.40. The lowest BCUT2D eigenvalue weighted by molar-refractivity contribution is 0.0105. The van der Waals surface area contributed by atoms with Crippen LogP contribution in [0.1, 0.15) is 33.1 Å². The highest BCUT2D eigenvalue weighted by Crippen LogP contribution is 2.36. The monoisotopic (exact) mass is 258 g/mol. The third-order valence-electron chi connectivity index (χ3n) is 3.79. The van der Waals surface area contributed by atoms with Crippen molar-refractivity contribution in [1.29, 1.82) is 0 Å². The SMILES string of the molecule is C=C(C)[C@@H]1CC[C@@H](C)C[C@H]1O[Si](C)(OC)OC. The summed E-state index contributed by atoms with van der Waals surface area (Å²) in [6.07, 6.45) is 3.70. The Labute approximate surface area is 107 Å². The normalized spacial score (nSPS) is 30.3. The number of rotatable bonds is 5. The average molecular weight is 258 g/mol. The van der Waals surface area contributed by atoms with Crippen molar-refractivity contribution in [3.8, 4) is 0 Å². The summed E-state index contributed by atoms with van der Waals surface area (Å²) in [6.45, 7) is 10.4. The summed E-state index contributed by atoms with van der Waals surface area (Å²) < 4.78 is 17.0. The maximum absolute atomic E-state index is 6.16. The Morgan fingerprint density at radius 3 is 2.29 bits per heavy atom. The maximum Gasteiger partial charge on any atom is 0.497 e. The predicted octanol–water partition coefficient (Wildman–Crippen LogP) is 3.25. The van der Waals surface area contributed by atoms with Gasteiger partial charge in [0.05, 0.1) is 6.10 Å². The zero-order valence-corrected chi connectivity index (χ0v) is 12.8. The van der Waals surface area contributed by atoms with Crippen LogP contribution in [-0.2, 0) is 13.3 Å². The molecule has 0 aliphatic heterocycles.